The molecule has 2 aliphatic rings. The van der Waals surface area contributed by atoms with E-state index in [0.29, 0.717) is 15.6 Å². The highest BCUT2D eigenvalue weighted by molar-refractivity contribution is 6.42. The van der Waals surface area contributed by atoms with Gasteiger partial charge in [0.25, 0.3) is 0 Å². The zero-order valence-corrected chi connectivity index (χ0v) is 18.7. The molecule has 2 bridgehead atoms. The van der Waals surface area contributed by atoms with Gasteiger partial charge in [0.2, 0.25) is 5.91 Å². The summed E-state index contributed by atoms with van der Waals surface area (Å²) in [6, 6.07) is 11.5. The number of carbonyl (C=O) groups is 1. The van der Waals surface area contributed by atoms with Gasteiger partial charge in [0.15, 0.2) is 0 Å². The molecule has 5 rings (SSSR count). The van der Waals surface area contributed by atoms with Gasteiger partial charge in [-0.2, -0.15) is 0 Å². The van der Waals surface area contributed by atoms with Crippen molar-refractivity contribution in [2.75, 3.05) is 5.32 Å². The molecule has 1 heterocycles. The van der Waals surface area contributed by atoms with Crippen molar-refractivity contribution in [1.82, 2.24) is 9.97 Å². The lowest BCUT2D eigenvalue weighted by Crippen LogP contribution is -2.46. The first kappa shape index (κ1) is 19.8. The number of fused-ring (bicyclic) bond motifs is 6. The number of para-hydroxylation sites is 1. The molecule has 2 aliphatic carbocycles. The summed E-state index contributed by atoms with van der Waals surface area (Å²) in [5, 5.41) is 4.14. The highest BCUT2D eigenvalue weighted by Crippen LogP contribution is 2.67. The van der Waals surface area contributed by atoms with Crippen molar-refractivity contribution in [3.05, 3.63) is 63.4 Å². The van der Waals surface area contributed by atoms with Crippen molar-refractivity contribution in [2.24, 2.45) is 5.41 Å². The second kappa shape index (κ2) is 6.66. The highest BCUT2D eigenvalue weighted by Gasteiger charge is 2.67. The Morgan fingerprint density at radius 2 is 1.80 bits per heavy atom. The van der Waals surface area contributed by atoms with Crippen LogP contribution in [0.5, 0.6) is 0 Å². The van der Waals surface area contributed by atoms with Gasteiger partial charge in [-0.05, 0) is 48.4 Å². The molecular weight excluding hydrogens is 417 g/mol. The first-order valence-electron chi connectivity index (χ1n) is 10.4. The highest BCUT2D eigenvalue weighted by atomic mass is 35.5. The van der Waals surface area contributed by atoms with Crippen molar-refractivity contribution in [2.45, 2.75) is 51.4 Å². The van der Waals surface area contributed by atoms with Crippen LogP contribution >= 0.6 is 23.2 Å². The van der Waals surface area contributed by atoms with Crippen molar-refractivity contribution in [3.63, 3.8) is 0 Å². The minimum atomic E-state index is -0.721. The van der Waals surface area contributed by atoms with Crippen LogP contribution in [0.3, 0.4) is 0 Å². The minimum Gasteiger partial charge on any atom is -0.325 e. The van der Waals surface area contributed by atoms with E-state index in [1.165, 1.54) is 0 Å². The molecule has 1 N–H and O–H groups in total. The van der Waals surface area contributed by atoms with Crippen LogP contribution in [-0.4, -0.2) is 15.9 Å². The predicted octanol–water partition coefficient (Wildman–Crippen LogP) is 6.29. The molecule has 1 aromatic heterocycles. The van der Waals surface area contributed by atoms with Crippen LogP contribution in [0.4, 0.5) is 5.69 Å². The average Bonchev–Trinajstić information content (AvgIpc) is 3.09. The minimum absolute atomic E-state index is 0.00311. The Bertz CT molecular complexity index is 1210. The summed E-state index contributed by atoms with van der Waals surface area (Å²) < 4.78 is 0. The fraction of sp³-hybridized carbons (Fsp3) is 0.375. The van der Waals surface area contributed by atoms with Gasteiger partial charge in [0, 0.05) is 11.6 Å². The van der Waals surface area contributed by atoms with Crippen molar-refractivity contribution in [3.8, 4) is 0 Å². The maximum absolute atomic E-state index is 13.9. The Morgan fingerprint density at radius 3 is 2.50 bits per heavy atom. The molecule has 1 saturated carbocycles. The zero-order valence-electron chi connectivity index (χ0n) is 17.2. The molecule has 154 valence electrons. The van der Waals surface area contributed by atoms with E-state index < -0.39 is 5.41 Å². The first-order chi connectivity index (χ1) is 14.3. The molecule has 0 aliphatic heterocycles. The summed E-state index contributed by atoms with van der Waals surface area (Å²) in [7, 11) is 0. The summed E-state index contributed by atoms with van der Waals surface area (Å²) in [5.74, 6) is 0.189. The quantitative estimate of drug-likeness (QED) is 0.521. The first-order valence-corrected chi connectivity index (χ1v) is 11.1. The van der Waals surface area contributed by atoms with Crippen molar-refractivity contribution >= 4 is 45.8 Å². The topological polar surface area (TPSA) is 54.9 Å². The predicted molar refractivity (Wildman–Crippen MR) is 121 cm³/mol. The smallest absolute Gasteiger partial charge is 0.237 e. The van der Waals surface area contributed by atoms with Gasteiger partial charge < -0.3 is 5.32 Å². The number of rotatable bonds is 3. The van der Waals surface area contributed by atoms with E-state index in [1.807, 2.05) is 18.2 Å². The maximum atomic E-state index is 13.9. The summed E-state index contributed by atoms with van der Waals surface area (Å²) in [5.41, 5.74) is 4.10. The van der Waals surface area contributed by atoms with Crippen LogP contribution < -0.4 is 5.32 Å². The van der Waals surface area contributed by atoms with Gasteiger partial charge in [-0.25, -0.2) is 9.97 Å². The number of hydrogen-bond donors (Lipinski definition) is 1. The summed E-state index contributed by atoms with van der Waals surface area (Å²) >= 11 is 12.4. The van der Waals surface area contributed by atoms with Crippen LogP contribution in [-0.2, 0) is 16.6 Å². The molecule has 0 spiro atoms. The number of benzene rings is 2. The van der Waals surface area contributed by atoms with Crippen LogP contribution in [0.1, 0.15) is 56.5 Å². The monoisotopic (exact) mass is 439 g/mol. The molecule has 30 heavy (non-hydrogen) atoms. The molecular formula is C24H23Cl2N3O. The van der Waals surface area contributed by atoms with Gasteiger partial charge in [0.05, 0.1) is 37.9 Å². The Kier molecular flexibility index (Phi) is 4.39. The van der Waals surface area contributed by atoms with Gasteiger partial charge in [-0.15, -0.1) is 0 Å². The van der Waals surface area contributed by atoms with Gasteiger partial charge in [-0.3, -0.25) is 4.79 Å². The second-order valence-electron chi connectivity index (χ2n) is 8.90. The molecule has 0 radical (unpaired) electrons. The lowest BCUT2D eigenvalue weighted by molar-refractivity contribution is -0.124. The van der Waals surface area contributed by atoms with Gasteiger partial charge >= 0.3 is 0 Å². The van der Waals surface area contributed by atoms with E-state index in [4.69, 9.17) is 33.2 Å². The van der Waals surface area contributed by atoms with Crippen molar-refractivity contribution < 1.29 is 4.79 Å². The van der Waals surface area contributed by atoms with E-state index >= 15 is 0 Å². The molecule has 2 unspecified atom stereocenters. The van der Waals surface area contributed by atoms with E-state index in [-0.39, 0.29) is 17.2 Å². The molecule has 2 atom stereocenters. The molecule has 1 fully saturated rings. The lowest BCUT2D eigenvalue weighted by Gasteiger charge is -2.36. The Balaban J connectivity index is 1.67. The fourth-order valence-corrected chi connectivity index (χ4v) is 5.87. The number of amides is 1. The number of nitrogens with one attached hydrogen (secondary N) is 1. The van der Waals surface area contributed by atoms with E-state index in [0.717, 1.165) is 47.4 Å². The SMILES string of the molecule is CCc1ccccc1NC(=O)C12CCC(c3nc4cc(Cl)c(Cl)cc4nc31)C2(C)C. The second-order valence-corrected chi connectivity index (χ2v) is 9.71. The number of nitrogens with zero attached hydrogens (tertiary/aromatic N) is 2. The van der Waals surface area contributed by atoms with Crippen LogP contribution in [0.25, 0.3) is 11.0 Å². The van der Waals surface area contributed by atoms with E-state index in [9.17, 15) is 4.79 Å². The Morgan fingerprint density at radius 1 is 1.13 bits per heavy atom. The fourth-order valence-electron chi connectivity index (χ4n) is 5.56. The third kappa shape index (κ3) is 2.50. The lowest BCUT2D eigenvalue weighted by atomic mass is 9.67. The molecule has 2 aromatic carbocycles. The van der Waals surface area contributed by atoms with E-state index in [2.05, 4.69) is 32.2 Å². The number of carbonyl (C=O) groups excluding carboxylic acids is 1. The molecule has 0 saturated heterocycles. The Hall–Kier alpha value is -2.17. The van der Waals surface area contributed by atoms with Gasteiger partial charge in [0.1, 0.15) is 0 Å². The third-order valence-corrected chi connectivity index (χ3v) is 8.00. The summed E-state index contributed by atoms with van der Waals surface area (Å²) in [6.45, 7) is 6.43. The number of aromatic nitrogens is 2. The maximum Gasteiger partial charge on any atom is 0.237 e. The average molecular weight is 440 g/mol. The van der Waals surface area contributed by atoms with Crippen LogP contribution in [0, 0.1) is 5.41 Å². The Labute approximate surface area is 186 Å². The van der Waals surface area contributed by atoms with Gasteiger partial charge in [-0.1, -0.05) is 62.2 Å². The zero-order chi connectivity index (χ0) is 21.3. The molecule has 1 amide bonds. The normalized spacial score (nSPS) is 23.6. The number of anilines is 1. The number of halogens is 2. The van der Waals surface area contributed by atoms with Crippen LogP contribution in [0.2, 0.25) is 10.0 Å². The standard InChI is InChI=1S/C24H23Cl2N3O/c1-4-13-7-5-6-8-17(13)29-22(30)24-10-9-14(23(24,2)3)20-21(24)28-19-12-16(26)15(25)11-18(19)27-20/h5-8,11-12,14H,4,9-10H2,1-3H3,(H,29,30). The number of aryl methyl sites for hydroxylation is 1. The van der Waals surface area contributed by atoms with E-state index in [1.54, 1.807) is 12.1 Å². The molecule has 4 nitrogen and oxygen atoms in total. The number of hydrogen-bond acceptors (Lipinski definition) is 3. The summed E-state index contributed by atoms with van der Waals surface area (Å²) in [4.78, 5) is 23.7. The molecule has 3 aromatic rings. The van der Waals surface area contributed by atoms with Crippen LogP contribution in [0.15, 0.2) is 36.4 Å². The third-order valence-electron chi connectivity index (χ3n) is 7.28. The largest absolute Gasteiger partial charge is 0.325 e. The van der Waals surface area contributed by atoms with Crippen molar-refractivity contribution in [1.29, 1.82) is 0 Å². The summed E-state index contributed by atoms with van der Waals surface area (Å²) in [6.07, 6.45) is 2.54. The molecule has 6 heteroatoms.